The van der Waals surface area contributed by atoms with Crippen LogP contribution >= 0.6 is 10.7 Å². The van der Waals surface area contributed by atoms with Crippen LogP contribution in [0, 0.1) is 17.2 Å². The van der Waals surface area contributed by atoms with E-state index in [4.69, 9.17) is 4.40 Å². The highest BCUT2D eigenvalue weighted by molar-refractivity contribution is 8.14. The number of hydrogen-bond donors (Lipinski definition) is 2. The maximum atomic E-state index is 9.24. The first-order chi connectivity index (χ1) is 12.8. The Morgan fingerprint density at radius 2 is 2.27 bits per heavy atom. The Labute approximate surface area is 157 Å². The largest absolute Gasteiger partial charge is 0.370 e. The number of hydrogen-bond acceptors (Lipinski definition) is 6. The van der Waals surface area contributed by atoms with E-state index < -0.39 is 0 Å². The van der Waals surface area contributed by atoms with Gasteiger partial charge in [-0.1, -0.05) is 22.8 Å². The lowest BCUT2D eigenvalue weighted by molar-refractivity contribution is 0.512. The third kappa shape index (κ3) is 3.97. The van der Waals surface area contributed by atoms with E-state index in [1.165, 1.54) is 12.8 Å². The molecule has 4 bridgehead atoms. The van der Waals surface area contributed by atoms with Gasteiger partial charge in [-0.3, -0.25) is 0 Å². The molecular formula is C19H24N6S. The molecule has 1 fully saturated rings. The molecule has 0 amide bonds. The Morgan fingerprint density at radius 3 is 3.19 bits per heavy atom. The van der Waals surface area contributed by atoms with E-state index in [0.717, 1.165) is 55.7 Å². The molecule has 26 heavy (non-hydrogen) atoms. The van der Waals surface area contributed by atoms with Gasteiger partial charge in [0.2, 0.25) is 0 Å². The van der Waals surface area contributed by atoms with Crippen molar-refractivity contribution in [3.63, 3.8) is 0 Å². The first-order valence-electron chi connectivity index (χ1n) is 9.21. The summed E-state index contributed by atoms with van der Waals surface area (Å²) < 4.78 is 4.78. The van der Waals surface area contributed by atoms with E-state index in [9.17, 15) is 5.26 Å². The number of pyridine rings is 1. The quantitative estimate of drug-likeness (QED) is 0.687. The van der Waals surface area contributed by atoms with Crippen LogP contribution in [0.3, 0.4) is 0 Å². The zero-order valence-corrected chi connectivity index (χ0v) is 15.6. The summed E-state index contributed by atoms with van der Waals surface area (Å²) in [4.78, 5) is 6.99. The first kappa shape index (κ1) is 17.3. The van der Waals surface area contributed by atoms with Crippen molar-refractivity contribution in [2.75, 3.05) is 30.4 Å². The summed E-state index contributed by atoms with van der Waals surface area (Å²) in [5.74, 6) is 3.49. The second-order valence-electron chi connectivity index (χ2n) is 6.90. The van der Waals surface area contributed by atoms with Crippen LogP contribution in [-0.4, -0.2) is 41.7 Å². The zero-order valence-electron chi connectivity index (χ0n) is 14.8. The topological polar surface area (TPSA) is 76.3 Å². The molecule has 2 N–H and O–H groups in total. The fraction of sp³-hybridized carbons (Fsp3) is 0.474. The molecule has 0 radical (unpaired) electrons. The van der Waals surface area contributed by atoms with E-state index in [-0.39, 0.29) is 10.7 Å². The van der Waals surface area contributed by atoms with E-state index in [1.807, 2.05) is 12.1 Å². The maximum absolute atomic E-state index is 9.24. The molecule has 0 saturated carbocycles. The highest BCUT2D eigenvalue weighted by atomic mass is 32.2. The third-order valence-corrected chi connectivity index (χ3v) is 6.42. The average Bonchev–Trinajstić information content (AvgIpc) is 3.14. The zero-order chi connectivity index (χ0) is 17.8. The fourth-order valence-electron chi connectivity index (χ4n) is 3.69. The van der Waals surface area contributed by atoms with Gasteiger partial charge in [-0.2, -0.15) is 5.26 Å². The molecule has 1 aromatic heterocycles. The molecule has 6 nitrogen and oxygen atoms in total. The van der Waals surface area contributed by atoms with E-state index in [1.54, 1.807) is 0 Å². The van der Waals surface area contributed by atoms with Crippen molar-refractivity contribution in [2.45, 2.75) is 25.8 Å². The summed E-state index contributed by atoms with van der Waals surface area (Å²) in [6.45, 7) is 3.78. The molecule has 2 unspecified atom stereocenters. The van der Waals surface area contributed by atoms with Crippen LogP contribution in [-0.2, 0) is 6.54 Å². The monoisotopic (exact) mass is 368 g/mol. The molecule has 4 heterocycles. The molecule has 1 aromatic rings. The Morgan fingerprint density at radius 1 is 1.31 bits per heavy atom. The Hall–Kier alpha value is -2.17. The van der Waals surface area contributed by atoms with Gasteiger partial charge in [0.25, 0.3) is 0 Å². The summed E-state index contributed by atoms with van der Waals surface area (Å²) in [6, 6.07) is 6.05. The van der Waals surface area contributed by atoms with Gasteiger partial charge in [0.15, 0.2) is 0 Å². The van der Waals surface area contributed by atoms with Crippen molar-refractivity contribution < 1.29 is 0 Å². The second kappa shape index (κ2) is 8.02. The number of amidine groups is 1. The van der Waals surface area contributed by atoms with Gasteiger partial charge in [0.05, 0.1) is 5.88 Å². The van der Waals surface area contributed by atoms with Crippen LogP contribution in [0.5, 0.6) is 0 Å². The number of fused-ring (bicyclic) bond motifs is 5. The summed E-state index contributed by atoms with van der Waals surface area (Å²) in [5.41, 5.74) is 1.66. The molecule has 1 saturated heterocycles. The first-order valence-corrected chi connectivity index (χ1v) is 10.6. The SMILES string of the molecule is N#Cc1ccc2c(n1)N1CCC(CCCNC3=NS(=CC=C3)CNC2)C1. The number of nitriles is 1. The molecule has 0 aromatic carbocycles. The van der Waals surface area contributed by atoms with Gasteiger partial charge in [-0.25, -0.2) is 9.38 Å². The minimum Gasteiger partial charge on any atom is -0.370 e. The Balaban J connectivity index is 1.59. The average molecular weight is 369 g/mol. The van der Waals surface area contributed by atoms with Gasteiger partial charge in [0.1, 0.15) is 23.4 Å². The van der Waals surface area contributed by atoms with Crippen molar-refractivity contribution in [3.05, 3.63) is 35.5 Å². The van der Waals surface area contributed by atoms with Gasteiger partial charge in [-0.15, -0.1) is 0 Å². The number of anilines is 1. The van der Waals surface area contributed by atoms with Gasteiger partial charge in [0, 0.05) is 31.7 Å². The summed E-state index contributed by atoms with van der Waals surface area (Å²) in [7, 11) is -0.138. The predicted molar refractivity (Wildman–Crippen MR) is 108 cm³/mol. The fourth-order valence-corrected chi connectivity index (χ4v) is 4.86. The summed E-state index contributed by atoms with van der Waals surface area (Å²) in [5, 5.41) is 18.4. The van der Waals surface area contributed by atoms with Crippen LogP contribution in [0.15, 0.2) is 28.7 Å². The van der Waals surface area contributed by atoms with Gasteiger partial charge < -0.3 is 15.5 Å². The van der Waals surface area contributed by atoms with Crippen LogP contribution in [0.25, 0.3) is 0 Å². The highest BCUT2D eigenvalue weighted by Gasteiger charge is 2.25. The Bertz CT molecular complexity index is 807. The van der Waals surface area contributed by atoms with Crippen LogP contribution in [0.1, 0.15) is 30.5 Å². The van der Waals surface area contributed by atoms with Gasteiger partial charge in [-0.05, 0) is 42.7 Å². The minimum atomic E-state index is -0.138. The van der Waals surface area contributed by atoms with Crippen molar-refractivity contribution in [3.8, 4) is 6.07 Å². The minimum absolute atomic E-state index is 0.138. The number of allylic oxidation sites excluding steroid dienone is 1. The molecular weight excluding hydrogens is 344 g/mol. The molecule has 4 rings (SSSR count). The molecule has 136 valence electrons. The molecule has 0 aliphatic carbocycles. The number of nitrogens with zero attached hydrogens (tertiary/aromatic N) is 4. The summed E-state index contributed by atoms with van der Waals surface area (Å²) in [6.07, 6.45) is 7.72. The second-order valence-corrected chi connectivity index (χ2v) is 8.45. The normalized spacial score (nSPS) is 25.7. The van der Waals surface area contributed by atoms with Gasteiger partial charge >= 0.3 is 0 Å². The molecule has 7 heteroatoms. The lowest BCUT2D eigenvalue weighted by Gasteiger charge is -2.21. The van der Waals surface area contributed by atoms with Crippen molar-refractivity contribution >= 4 is 27.7 Å². The third-order valence-electron chi connectivity index (χ3n) is 5.02. The highest BCUT2D eigenvalue weighted by Crippen LogP contribution is 2.28. The summed E-state index contributed by atoms with van der Waals surface area (Å²) >= 11 is 0. The van der Waals surface area contributed by atoms with Crippen LogP contribution < -0.4 is 15.5 Å². The molecule has 3 aliphatic rings. The molecule has 3 aliphatic heterocycles. The van der Waals surface area contributed by atoms with Crippen molar-refractivity contribution in [2.24, 2.45) is 10.3 Å². The standard InChI is InChI=1S/C19H24N6S/c20-11-17-6-5-16-12-21-14-26-10-2-4-18(24-26)22-8-1-3-15-7-9-25(13-15)19(16)23-17/h2,4-6,10,15,21H,1,3,7-9,12-14H2,(H,22,24). The number of rotatable bonds is 0. The van der Waals surface area contributed by atoms with Crippen molar-refractivity contribution in [1.82, 2.24) is 15.6 Å². The lowest BCUT2D eigenvalue weighted by atomic mass is 10.0. The van der Waals surface area contributed by atoms with Crippen LogP contribution in [0.2, 0.25) is 0 Å². The number of aromatic nitrogens is 1. The van der Waals surface area contributed by atoms with E-state index in [0.29, 0.717) is 11.6 Å². The Kier molecular flexibility index (Phi) is 5.32. The smallest absolute Gasteiger partial charge is 0.142 e. The molecule has 2 atom stereocenters. The maximum Gasteiger partial charge on any atom is 0.142 e. The van der Waals surface area contributed by atoms with Crippen LogP contribution in [0.4, 0.5) is 5.82 Å². The predicted octanol–water partition coefficient (Wildman–Crippen LogP) is 2.16. The van der Waals surface area contributed by atoms with E-state index in [2.05, 4.69) is 44.1 Å². The number of nitrogens with one attached hydrogen (secondary N) is 2. The molecule has 0 spiro atoms. The van der Waals surface area contributed by atoms with Crippen molar-refractivity contribution in [1.29, 1.82) is 5.26 Å². The van der Waals surface area contributed by atoms with E-state index >= 15 is 0 Å². The lowest BCUT2D eigenvalue weighted by Crippen LogP contribution is -2.24.